The lowest BCUT2D eigenvalue weighted by Gasteiger charge is -2.12. The third-order valence-corrected chi connectivity index (χ3v) is 6.19. The molecule has 9 nitrogen and oxygen atoms in total. The largest absolute Gasteiger partial charge is 0.491 e. The summed E-state index contributed by atoms with van der Waals surface area (Å²) in [5.41, 5.74) is 6.34. The molecule has 2 aromatic heterocycles. The molecule has 0 saturated heterocycles. The summed E-state index contributed by atoms with van der Waals surface area (Å²) >= 11 is 6.22. The number of nitrogens with zero attached hydrogens (tertiary/aromatic N) is 3. The molecule has 0 fully saturated rings. The van der Waals surface area contributed by atoms with Crippen LogP contribution in [0.25, 0.3) is 11.4 Å². The first-order valence-corrected chi connectivity index (χ1v) is 11.8. The fourth-order valence-corrected chi connectivity index (χ4v) is 4.18. The van der Waals surface area contributed by atoms with Crippen LogP contribution in [0.4, 0.5) is 0 Å². The van der Waals surface area contributed by atoms with E-state index in [0.29, 0.717) is 63.8 Å². The van der Waals surface area contributed by atoms with Crippen molar-refractivity contribution in [2.75, 3.05) is 6.61 Å². The van der Waals surface area contributed by atoms with E-state index < -0.39 is 11.5 Å². The van der Waals surface area contributed by atoms with E-state index in [4.69, 9.17) is 31.3 Å². The molecule has 37 heavy (non-hydrogen) atoms. The van der Waals surface area contributed by atoms with Gasteiger partial charge in [-0.1, -0.05) is 40.7 Å². The van der Waals surface area contributed by atoms with Crippen molar-refractivity contribution in [2.24, 2.45) is 5.73 Å². The first-order chi connectivity index (χ1) is 17.7. The van der Waals surface area contributed by atoms with Gasteiger partial charge in [0.15, 0.2) is 11.3 Å². The van der Waals surface area contributed by atoms with Gasteiger partial charge in [0.25, 0.3) is 5.91 Å². The Kier molecular flexibility index (Phi) is 6.38. The zero-order valence-corrected chi connectivity index (χ0v) is 20.9. The molecule has 1 amide bonds. The van der Waals surface area contributed by atoms with Crippen LogP contribution >= 0.6 is 11.6 Å². The summed E-state index contributed by atoms with van der Waals surface area (Å²) in [6.07, 6.45) is 0. The smallest absolute Gasteiger partial charge is 0.269 e. The number of carbonyl (C=O) groups excluding carboxylic acids is 1. The van der Waals surface area contributed by atoms with E-state index in [9.17, 15) is 9.90 Å². The Balaban J connectivity index is 1.52. The molecule has 5 rings (SSSR count). The van der Waals surface area contributed by atoms with E-state index in [1.54, 1.807) is 62.4 Å². The highest BCUT2D eigenvalue weighted by Crippen LogP contribution is 2.35. The first-order valence-electron chi connectivity index (χ1n) is 11.5. The number of hydrogen-bond donors (Lipinski definition) is 2. The molecule has 1 aliphatic heterocycles. The number of nitrogens with two attached hydrogens (primary N) is 1. The average molecular weight is 519 g/mol. The highest BCUT2D eigenvalue weighted by atomic mass is 35.5. The van der Waals surface area contributed by atoms with Gasteiger partial charge in [0, 0.05) is 11.6 Å². The number of carbonyl (C=O) groups is 1. The topological polar surface area (TPSA) is 126 Å². The van der Waals surface area contributed by atoms with E-state index >= 15 is 0 Å². The van der Waals surface area contributed by atoms with Crippen molar-refractivity contribution >= 4 is 17.5 Å². The average Bonchev–Trinajstić information content (AvgIpc) is 3.42. The molecule has 0 aliphatic carbocycles. The van der Waals surface area contributed by atoms with Crippen LogP contribution < -0.4 is 15.2 Å². The van der Waals surface area contributed by atoms with Gasteiger partial charge < -0.3 is 29.4 Å². The van der Waals surface area contributed by atoms with Gasteiger partial charge in [-0.05, 0) is 44.2 Å². The molecular formula is C27H23ClN4O5. The molecule has 1 aliphatic rings. The van der Waals surface area contributed by atoms with E-state index in [1.165, 1.54) is 0 Å². The van der Waals surface area contributed by atoms with Crippen LogP contribution in [-0.2, 0) is 18.8 Å². The summed E-state index contributed by atoms with van der Waals surface area (Å²) in [4.78, 5) is 16.9. The molecular weight excluding hydrogens is 496 g/mol. The number of aromatic nitrogens is 3. The van der Waals surface area contributed by atoms with Crippen LogP contribution in [0.3, 0.4) is 0 Å². The molecule has 10 heteroatoms. The zero-order chi connectivity index (χ0) is 26.2. The van der Waals surface area contributed by atoms with Gasteiger partial charge in [0.05, 0.1) is 22.8 Å². The Bertz CT molecular complexity index is 1560. The first kappa shape index (κ1) is 24.4. The van der Waals surface area contributed by atoms with Gasteiger partial charge in [0.2, 0.25) is 0 Å². The van der Waals surface area contributed by atoms with Crippen LogP contribution in [0.5, 0.6) is 11.5 Å². The molecule has 3 N–H and O–H groups in total. The molecule has 1 atom stereocenters. The number of hydrogen-bond acceptors (Lipinski definition) is 7. The molecule has 0 saturated carbocycles. The number of imidazole rings is 1. The second-order valence-corrected chi connectivity index (χ2v) is 9.08. The number of para-hydroxylation sites is 1. The summed E-state index contributed by atoms with van der Waals surface area (Å²) in [7, 11) is 0. The van der Waals surface area contributed by atoms with Gasteiger partial charge in [-0.3, -0.25) is 4.79 Å². The lowest BCUT2D eigenvalue weighted by atomic mass is 10.0. The lowest BCUT2D eigenvalue weighted by Crippen LogP contribution is -2.18. The minimum atomic E-state index is -1.51. The molecule has 188 valence electrons. The van der Waals surface area contributed by atoms with Crippen molar-refractivity contribution in [2.45, 2.75) is 32.6 Å². The van der Waals surface area contributed by atoms with Crippen molar-refractivity contribution in [3.05, 3.63) is 82.0 Å². The predicted octanol–water partition coefficient (Wildman–Crippen LogP) is 3.83. The van der Waals surface area contributed by atoms with Crippen LogP contribution in [0.1, 0.15) is 40.1 Å². The summed E-state index contributed by atoms with van der Waals surface area (Å²) in [5.74, 6) is 7.29. The highest BCUT2D eigenvalue weighted by Gasteiger charge is 2.27. The maximum atomic E-state index is 12.3. The third kappa shape index (κ3) is 4.89. The van der Waals surface area contributed by atoms with Crippen LogP contribution in [0, 0.1) is 18.8 Å². The minimum Gasteiger partial charge on any atom is -0.491 e. The number of amides is 1. The van der Waals surface area contributed by atoms with Crippen LogP contribution in [-0.4, -0.2) is 32.3 Å². The molecule has 2 aromatic carbocycles. The Morgan fingerprint density at radius 2 is 2.11 bits per heavy atom. The molecule has 0 bridgehead atoms. The highest BCUT2D eigenvalue weighted by molar-refractivity contribution is 6.32. The standard InChI is InChI=1S/C27H23ClN4O5/c1-16-13-23(31-37-16)27(2,34)10-9-17-7-8-21-18(14-17)26-30-24(25(29)33)20(32(26)11-12-35-21)15-36-22-6-4-3-5-19(22)28/h3-8,13-14,34H,11-12,15H2,1-2H3,(H2,29,33). The Morgan fingerprint density at radius 3 is 2.84 bits per heavy atom. The molecule has 4 aromatic rings. The van der Waals surface area contributed by atoms with Crippen LogP contribution in [0.2, 0.25) is 5.02 Å². The number of benzene rings is 2. The molecule has 3 heterocycles. The zero-order valence-electron chi connectivity index (χ0n) is 20.1. The fraction of sp³-hybridized carbons (Fsp3) is 0.222. The van der Waals surface area contributed by atoms with Gasteiger partial charge in [0.1, 0.15) is 42.0 Å². The van der Waals surface area contributed by atoms with Crippen molar-refractivity contribution < 1.29 is 23.9 Å². The van der Waals surface area contributed by atoms with Crippen molar-refractivity contribution in [3.8, 4) is 34.7 Å². The maximum Gasteiger partial charge on any atom is 0.269 e. The Labute approximate surface area is 217 Å². The fourth-order valence-electron chi connectivity index (χ4n) is 3.99. The normalized spacial score (nSPS) is 13.7. The maximum absolute atomic E-state index is 12.3. The van der Waals surface area contributed by atoms with Gasteiger partial charge in [-0.15, -0.1) is 0 Å². The predicted molar refractivity (Wildman–Crippen MR) is 135 cm³/mol. The van der Waals surface area contributed by atoms with Gasteiger partial charge in [-0.25, -0.2) is 4.98 Å². The summed E-state index contributed by atoms with van der Waals surface area (Å²) in [5, 5.41) is 15.1. The number of aryl methyl sites for hydroxylation is 1. The monoisotopic (exact) mass is 518 g/mol. The second-order valence-electron chi connectivity index (χ2n) is 8.67. The summed E-state index contributed by atoms with van der Waals surface area (Å²) in [6, 6.07) is 14.1. The second kappa shape index (κ2) is 9.65. The lowest BCUT2D eigenvalue weighted by molar-refractivity contribution is 0.0992. The van der Waals surface area contributed by atoms with Crippen molar-refractivity contribution in [1.82, 2.24) is 14.7 Å². The van der Waals surface area contributed by atoms with Crippen molar-refractivity contribution in [1.29, 1.82) is 0 Å². The molecule has 0 radical (unpaired) electrons. The van der Waals surface area contributed by atoms with E-state index in [1.807, 2.05) is 4.57 Å². The van der Waals surface area contributed by atoms with Gasteiger partial charge >= 0.3 is 0 Å². The Hall–Kier alpha value is -4.26. The number of fused-ring (bicyclic) bond motifs is 3. The molecule has 0 spiro atoms. The van der Waals surface area contributed by atoms with E-state index in [-0.39, 0.29) is 12.3 Å². The van der Waals surface area contributed by atoms with Gasteiger partial charge in [-0.2, -0.15) is 0 Å². The number of aliphatic hydroxyl groups is 1. The van der Waals surface area contributed by atoms with E-state index in [2.05, 4.69) is 22.0 Å². The quantitative estimate of drug-likeness (QED) is 0.384. The van der Waals surface area contributed by atoms with E-state index in [0.717, 1.165) is 0 Å². The summed E-state index contributed by atoms with van der Waals surface area (Å²) in [6.45, 7) is 4.08. The SMILES string of the molecule is Cc1cc(C(C)(O)C#Cc2ccc3c(c2)-c2nc(C(N)=O)c(COc4ccccc4Cl)n2CCO3)no1. The molecule has 1 unspecified atom stereocenters. The van der Waals surface area contributed by atoms with Crippen LogP contribution in [0.15, 0.2) is 53.1 Å². The minimum absolute atomic E-state index is 0.0316. The summed E-state index contributed by atoms with van der Waals surface area (Å²) < 4.78 is 18.8. The number of primary amides is 1. The Morgan fingerprint density at radius 1 is 1.30 bits per heavy atom. The van der Waals surface area contributed by atoms with Crippen molar-refractivity contribution in [3.63, 3.8) is 0 Å². The third-order valence-electron chi connectivity index (χ3n) is 5.88. The number of halogens is 1. The number of rotatable bonds is 5. The number of ether oxygens (including phenoxy) is 2.